The van der Waals surface area contributed by atoms with E-state index in [1.807, 2.05) is 54.6 Å². The minimum atomic E-state index is 0.575. The van der Waals surface area contributed by atoms with Crippen molar-refractivity contribution in [1.29, 1.82) is 0 Å². The number of halogens is 1. The van der Waals surface area contributed by atoms with Crippen molar-refractivity contribution < 1.29 is 4.74 Å². The Labute approximate surface area is 176 Å². The minimum Gasteiger partial charge on any atom is -0.491 e. The van der Waals surface area contributed by atoms with Gasteiger partial charge in [-0.25, -0.2) is 4.98 Å². The molecule has 0 aliphatic carbocycles. The minimum absolute atomic E-state index is 0.575. The van der Waals surface area contributed by atoms with E-state index in [0.29, 0.717) is 13.2 Å². The number of rotatable bonds is 6. The summed E-state index contributed by atoms with van der Waals surface area (Å²) >= 11 is 5.98. The van der Waals surface area contributed by atoms with E-state index in [1.165, 1.54) is 5.56 Å². The molecule has 0 fully saturated rings. The Morgan fingerprint density at radius 2 is 1.76 bits per heavy atom. The van der Waals surface area contributed by atoms with Crippen LogP contribution in [0.4, 0.5) is 0 Å². The monoisotopic (exact) mass is 402 g/mol. The number of benzene rings is 3. The second kappa shape index (κ2) is 8.54. The lowest BCUT2D eigenvalue weighted by molar-refractivity contribution is 0.298. The highest BCUT2D eigenvalue weighted by Gasteiger charge is 2.09. The van der Waals surface area contributed by atoms with Crippen LogP contribution < -0.4 is 4.74 Å². The zero-order chi connectivity index (χ0) is 20.2. The first-order valence-electron chi connectivity index (χ1n) is 9.69. The summed E-state index contributed by atoms with van der Waals surface area (Å²) in [6.45, 7) is 5.46. The summed E-state index contributed by atoms with van der Waals surface area (Å²) in [4.78, 5) is 4.79. The molecule has 0 atom stereocenters. The van der Waals surface area contributed by atoms with Crippen LogP contribution >= 0.6 is 11.6 Å². The maximum absolute atomic E-state index is 6.06. The number of hydrogen-bond donors (Lipinski definition) is 0. The van der Waals surface area contributed by atoms with E-state index in [9.17, 15) is 0 Å². The van der Waals surface area contributed by atoms with Gasteiger partial charge >= 0.3 is 0 Å². The molecule has 4 aromatic rings. The van der Waals surface area contributed by atoms with Gasteiger partial charge in [0.1, 0.15) is 18.2 Å². The van der Waals surface area contributed by atoms with Gasteiger partial charge in [0.05, 0.1) is 17.6 Å². The zero-order valence-electron chi connectivity index (χ0n) is 16.6. The first-order valence-corrected chi connectivity index (χ1v) is 10.1. The second-order valence-electron chi connectivity index (χ2n) is 7.11. The van der Waals surface area contributed by atoms with Crippen LogP contribution in [0.3, 0.4) is 0 Å². The molecule has 146 valence electrons. The van der Waals surface area contributed by atoms with E-state index in [1.54, 1.807) is 0 Å². The van der Waals surface area contributed by atoms with Gasteiger partial charge in [0, 0.05) is 5.02 Å². The number of nitrogens with zero attached hydrogens (tertiary/aromatic N) is 2. The number of ether oxygens (including phenoxy) is 1. The molecule has 0 aliphatic heterocycles. The maximum Gasteiger partial charge on any atom is 0.133 e. The van der Waals surface area contributed by atoms with Gasteiger partial charge in [-0.05, 0) is 61.4 Å². The molecule has 4 heteroatoms. The number of fused-ring (bicyclic) bond motifs is 1. The number of hydrogen-bond acceptors (Lipinski definition) is 2. The van der Waals surface area contributed by atoms with Gasteiger partial charge in [-0.15, -0.1) is 0 Å². The topological polar surface area (TPSA) is 27.1 Å². The number of aromatic nitrogens is 2. The predicted molar refractivity (Wildman–Crippen MR) is 122 cm³/mol. The Bertz CT molecular complexity index is 1160. The summed E-state index contributed by atoms with van der Waals surface area (Å²) in [6.07, 6.45) is 4.10. The zero-order valence-corrected chi connectivity index (χ0v) is 17.4. The normalized spacial score (nSPS) is 11.4. The van der Waals surface area contributed by atoms with Crippen molar-refractivity contribution >= 4 is 34.8 Å². The molecule has 1 aromatic heterocycles. The molecule has 29 heavy (non-hydrogen) atoms. The molecule has 0 radical (unpaired) electrons. The van der Waals surface area contributed by atoms with Crippen molar-refractivity contribution in [1.82, 2.24) is 9.55 Å². The fourth-order valence-corrected chi connectivity index (χ4v) is 3.54. The number of imidazole rings is 1. The second-order valence-corrected chi connectivity index (χ2v) is 7.55. The molecule has 0 aliphatic rings. The highest BCUT2D eigenvalue weighted by molar-refractivity contribution is 6.30. The third kappa shape index (κ3) is 4.52. The van der Waals surface area contributed by atoms with Gasteiger partial charge in [-0.1, -0.05) is 59.6 Å². The first kappa shape index (κ1) is 19.3. The fraction of sp³-hybridized carbons (Fsp3) is 0.160. The summed E-state index contributed by atoms with van der Waals surface area (Å²) in [5, 5.41) is 0.734. The molecule has 0 saturated carbocycles. The van der Waals surface area contributed by atoms with Gasteiger partial charge < -0.3 is 9.30 Å². The van der Waals surface area contributed by atoms with Crippen molar-refractivity contribution in [2.45, 2.75) is 20.4 Å². The third-order valence-corrected chi connectivity index (χ3v) is 5.13. The molecule has 0 spiro atoms. The van der Waals surface area contributed by atoms with Gasteiger partial charge in [0.15, 0.2) is 0 Å². The predicted octanol–water partition coefficient (Wildman–Crippen LogP) is 6.56. The van der Waals surface area contributed by atoms with E-state index in [0.717, 1.165) is 38.8 Å². The molecular weight excluding hydrogens is 380 g/mol. The molecule has 1 heterocycles. The van der Waals surface area contributed by atoms with Crippen molar-refractivity contribution in [2.75, 3.05) is 6.61 Å². The molecule has 3 nitrogen and oxygen atoms in total. The summed E-state index contributed by atoms with van der Waals surface area (Å²) in [7, 11) is 0. The summed E-state index contributed by atoms with van der Waals surface area (Å²) < 4.78 is 8.26. The molecule has 0 saturated heterocycles. The highest BCUT2D eigenvalue weighted by atomic mass is 35.5. The third-order valence-electron chi connectivity index (χ3n) is 4.88. The van der Waals surface area contributed by atoms with Crippen LogP contribution in [0, 0.1) is 13.8 Å². The van der Waals surface area contributed by atoms with E-state index < -0.39 is 0 Å². The number of aryl methyl sites for hydroxylation is 2. The van der Waals surface area contributed by atoms with Gasteiger partial charge in [0.2, 0.25) is 0 Å². The van der Waals surface area contributed by atoms with Gasteiger partial charge in [-0.2, -0.15) is 0 Å². The van der Waals surface area contributed by atoms with Crippen LogP contribution in [0.2, 0.25) is 5.02 Å². The Hall–Kier alpha value is -3.04. The van der Waals surface area contributed by atoms with Crippen molar-refractivity contribution in [2.24, 2.45) is 0 Å². The van der Waals surface area contributed by atoms with E-state index >= 15 is 0 Å². The molecule has 4 rings (SSSR count). The van der Waals surface area contributed by atoms with Gasteiger partial charge in [-0.3, -0.25) is 0 Å². The average Bonchev–Trinajstić information content (AvgIpc) is 3.07. The van der Waals surface area contributed by atoms with Crippen molar-refractivity contribution in [3.8, 4) is 5.75 Å². The lowest BCUT2D eigenvalue weighted by Gasteiger charge is -2.12. The van der Waals surface area contributed by atoms with Crippen LogP contribution in [0.25, 0.3) is 23.2 Å². The molecular formula is C25H23ClN2O. The Morgan fingerprint density at radius 1 is 0.966 bits per heavy atom. The van der Waals surface area contributed by atoms with Crippen LogP contribution in [0.1, 0.15) is 22.5 Å². The van der Waals surface area contributed by atoms with Gasteiger partial charge in [0.25, 0.3) is 0 Å². The Balaban J connectivity index is 1.57. The average molecular weight is 403 g/mol. The lowest BCUT2D eigenvalue weighted by atomic mass is 10.1. The lowest BCUT2D eigenvalue weighted by Crippen LogP contribution is -2.10. The molecule has 3 aromatic carbocycles. The van der Waals surface area contributed by atoms with Crippen LogP contribution in [0.5, 0.6) is 5.75 Å². The summed E-state index contributed by atoms with van der Waals surface area (Å²) in [6, 6.07) is 22.2. The standard InChI is InChI=1S/C25H23ClN2O/c1-18-7-13-24(19(2)17-18)29-16-15-28-23-6-4-3-5-22(23)27-25(28)14-10-20-8-11-21(26)12-9-20/h3-14,17H,15-16H2,1-2H3/b14-10+. The Morgan fingerprint density at radius 3 is 2.55 bits per heavy atom. The fourth-order valence-electron chi connectivity index (χ4n) is 3.41. The van der Waals surface area contributed by atoms with E-state index in [2.05, 4.69) is 42.7 Å². The van der Waals surface area contributed by atoms with Crippen molar-refractivity contribution in [3.05, 3.63) is 94.3 Å². The molecule has 0 amide bonds. The van der Waals surface area contributed by atoms with E-state index in [4.69, 9.17) is 21.3 Å². The largest absolute Gasteiger partial charge is 0.491 e. The summed E-state index contributed by atoms with van der Waals surface area (Å²) in [5.41, 5.74) is 5.57. The molecule has 0 N–H and O–H groups in total. The summed E-state index contributed by atoms with van der Waals surface area (Å²) in [5.74, 6) is 1.84. The quantitative estimate of drug-likeness (QED) is 0.365. The van der Waals surface area contributed by atoms with Crippen LogP contribution in [0.15, 0.2) is 66.7 Å². The molecule has 0 bridgehead atoms. The van der Waals surface area contributed by atoms with E-state index in [-0.39, 0.29) is 0 Å². The first-order chi connectivity index (χ1) is 14.1. The van der Waals surface area contributed by atoms with Crippen LogP contribution in [-0.2, 0) is 6.54 Å². The maximum atomic E-state index is 6.06. The Kier molecular flexibility index (Phi) is 5.68. The number of para-hydroxylation sites is 2. The van der Waals surface area contributed by atoms with Crippen LogP contribution in [-0.4, -0.2) is 16.2 Å². The van der Waals surface area contributed by atoms with Crippen molar-refractivity contribution in [3.63, 3.8) is 0 Å². The highest BCUT2D eigenvalue weighted by Crippen LogP contribution is 2.21. The smallest absolute Gasteiger partial charge is 0.133 e. The SMILES string of the molecule is Cc1ccc(OCCn2c(/C=C/c3ccc(Cl)cc3)nc3ccccc32)c(C)c1. The molecule has 0 unspecified atom stereocenters.